The molecule has 0 aromatic carbocycles. The Balaban J connectivity index is 3.42. The average Bonchev–Trinajstić information content (AvgIpc) is 2.21. The second-order valence-electron chi connectivity index (χ2n) is 4.20. The predicted molar refractivity (Wildman–Crippen MR) is 75.6 cm³/mol. The van der Waals surface area contributed by atoms with Crippen LogP contribution in [0, 0.1) is 5.92 Å². The number of halogens is 1. The summed E-state index contributed by atoms with van der Waals surface area (Å²) in [5, 5.41) is 0. The molecule has 0 N–H and O–H groups in total. The van der Waals surface area contributed by atoms with E-state index in [1.165, 1.54) is 25.7 Å². The fraction of sp³-hybridized carbons (Fsp3) is 0.769. The van der Waals surface area contributed by atoms with Gasteiger partial charge in [-0.05, 0) is 26.2 Å². The van der Waals surface area contributed by atoms with E-state index in [9.17, 15) is 4.79 Å². The van der Waals surface area contributed by atoms with Crippen molar-refractivity contribution >= 4 is 28.4 Å². The molecule has 0 spiro atoms. The van der Waals surface area contributed by atoms with Crippen molar-refractivity contribution in [3.05, 3.63) is 12.7 Å². The minimum absolute atomic E-state index is 0.165. The largest absolute Gasteiger partial charge is 0.298 e. The zero-order chi connectivity index (χ0) is 11.7. The van der Waals surface area contributed by atoms with Crippen molar-refractivity contribution in [2.45, 2.75) is 56.3 Å². The lowest BCUT2D eigenvalue weighted by molar-refractivity contribution is -0.121. The second kappa shape index (κ2) is 9.37. The van der Waals surface area contributed by atoms with E-state index >= 15 is 0 Å². The summed E-state index contributed by atoms with van der Waals surface area (Å²) in [4.78, 5) is 11.6. The number of rotatable bonds is 9. The van der Waals surface area contributed by atoms with E-state index in [0.717, 1.165) is 12.8 Å². The number of carbonyl (C=O) groups is 1. The van der Waals surface area contributed by atoms with Gasteiger partial charge < -0.3 is 0 Å². The molecule has 2 unspecified atom stereocenters. The monoisotopic (exact) mass is 322 g/mol. The third kappa shape index (κ3) is 8.00. The Hall–Kier alpha value is 0.140. The molecule has 2 heteroatoms. The van der Waals surface area contributed by atoms with E-state index in [4.69, 9.17) is 0 Å². The van der Waals surface area contributed by atoms with E-state index in [0.29, 0.717) is 5.78 Å². The molecule has 88 valence electrons. The van der Waals surface area contributed by atoms with E-state index in [2.05, 4.69) is 36.1 Å². The summed E-state index contributed by atoms with van der Waals surface area (Å²) >= 11 is 2.20. The maximum atomic E-state index is 11.6. The van der Waals surface area contributed by atoms with Crippen LogP contribution in [0.5, 0.6) is 0 Å². The quantitative estimate of drug-likeness (QED) is 0.264. The van der Waals surface area contributed by atoms with Crippen LogP contribution in [0.3, 0.4) is 0 Å². The van der Waals surface area contributed by atoms with Crippen LogP contribution in [-0.4, -0.2) is 9.71 Å². The zero-order valence-corrected chi connectivity index (χ0v) is 12.1. The Morgan fingerprint density at radius 2 is 1.87 bits per heavy atom. The molecule has 0 fully saturated rings. The Morgan fingerprint density at radius 1 is 1.27 bits per heavy atom. The first-order valence-electron chi connectivity index (χ1n) is 5.88. The van der Waals surface area contributed by atoms with Crippen molar-refractivity contribution in [2.24, 2.45) is 5.92 Å². The number of allylic oxidation sites excluding steroid dienone is 1. The first kappa shape index (κ1) is 15.1. The van der Waals surface area contributed by atoms with Gasteiger partial charge in [0.2, 0.25) is 0 Å². The minimum Gasteiger partial charge on any atom is -0.298 e. The van der Waals surface area contributed by atoms with Crippen LogP contribution in [0.25, 0.3) is 0 Å². The highest BCUT2D eigenvalue weighted by atomic mass is 127. The third-order valence-electron chi connectivity index (χ3n) is 2.67. The Morgan fingerprint density at radius 3 is 2.40 bits per heavy atom. The van der Waals surface area contributed by atoms with Crippen LogP contribution in [0.4, 0.5) is 0 Å². The molecule has 0 bridgehead atoms. The molecular formula is C13H23IO. The minimum atomic E-state index is 0.165. The Kier molecular flexibility index (Phi) is 9.46. The van der Waals surface area contributed by atoms with Crippen LogP contribution < -0.4 is 0 Å². The molecule has 0 saturated carbocycles. The molecule has 0 heterocycles. The van der Waals surface area contributed by atoms with E-state index in [1.54, 1.807) is 0 Å². The number of carbonyl (C=O) groups excluding carboxylic acids is 1. The van der Waals surface area contributed by atoms with Crippen LogP contribution in [0.2, 0.25) is 0 Å². The molecule has 0 rings (SSSR count). The SMILES string of the molecule is C=CCCCCCCC(C)C(=O)C(C)I. The third-order valence-corrected chi connectivity index (χ3v) is 3.29. The molecule has 0 saturated heterocycles. The van der Waals surface area contributed by atoms with Crippen molar-refractivity contribution < 1.29 is 4.79 Å². The first-order valence-corrected chi connectivity index (χ1v) is 7.12. The molecule has 1 nitrogen and oxygen atoms in total. The van der Waals surface area contributed by atoms with Gasteiger partial charge in [-0.1, -0.05) is 54.9 Å². The van der Waals surface area contributed by atoms with E-state index in [-0.39, 0.29) is 9.84 Å². The van der Waals surface area contributed by atoms with Crippen molar-refractivity contribution in [1.29, 1.82) is 0 Å². The van der Waals surface area contributed by atoms with E-state index in [1.807, 2.05) is 13.0 Å². The standard InChI is InChI=1S/C13H23IO/c1-4-5-6-7-8-9-10-11(2)13(15)12(3)14/h4,11-12H,1,5-10H2,2-3H3. The maximum absolute atomic E-state index is 11.6. The van der Waals surface area contributed by atoms with Crippen molar-refractivity contribution in [2.75, 3.05) is 0 Å². The molecule has 0 radical (unpaired) electrons. The molecule has 0 aromatic heterocycles. The van der Waals surface area contributed by atoms with Gasteiger partial charge in [0.05, 0.1) is 3.92 Å². The fourth-order valence-corrected chi connectivity index (χ4v) is 2.24. The van der Waals surface area contributed by atoms with Gasteiger partial charge in [0, 0.05) is 5.92 Å². The zero-order valence-electron chi connectivity index (χ0n) is 9.97. The van der Waals surface area contributed by atoms with Gasteiger partial charge in [-0.3, -0.25) is 4.79 Å². The summed E-state index contributed by atoms with van der Waals surface area (Å²) < 4.78 is 0.165. The topological polar surface area (TPSA) is 17.1 Å². The highest BCUT2D eigenvalue weighted by molar-refractivity contribution is 14.1. The number of unbranched alkanes of at least 4 members (excludes halogenated alkanes) is 4. The van der Waals surface area contributed by atoms with Gasteiger partial charge in [-0.15, -0.1) is 6.58 Å². The normalized spacial score (nSPS) is 14.6. The van der Waals surface area contributed by atoms with Gasteiger partial charge in [0.1, 0.15) is 5.78 Å². The number of ketones is 1. The average molecular weight is 322 g/mol. The molecule has 0 aromatic rings. The molecule has 0 amide bonds. The Bertz CT molecular complexity index is 187. The van der Waals surface area contributed by atoms with Gasteiger partial charge in [-0.2, -0.15) is 0 Å². The summed E-state index contributed by atoms with van der Waals surface area (Å²) in [6, 6.07) is 0. The fourth-order valence-electron chi connectivity index (χ4n) is 1.63. The molecule has 0 aliphatic heterocycles. The number of hydrogen-bond acceptors (Lipinski definition) is 1. The lowest BCUT2D eigenvalue weighted by atomic mass is 9.97. The van der Waals surface area contributed by atoms with Gasteiger partial charge in [0.15, 0.2) is 0 Å². The predicted octanol–water partition coefficient (Wildman–Crippen LogP) is 4.54. The smallest absolute Gasteiger partial charge is 0.148 e. The van der Waals surface area contributed by atoms with Crippen LogP contribution >= 0.6 is 22.6 Å². The summed E-state index contributed by atoms with van der Waals surface area (Å²) in [6.07, 6.45) is 9.11. The molecule has 0 aliphatic rings. The highest BCUT2D eigenvalue weighted by Crippen LogP contribution is 2.16. The highest BCUT2D eigenvalue weighted by Gasteiger charge is 2.16. The van der Waals surface area contributed by atoms with Crippen LogP contribution in [0.15, 0.2) is 12.7 Å². The molecule has 2 atom stereocenters. The van der Waals surface area contributed by atoms with E-state index < -0.39 is 0 Å². The van der Waals surface area contributed by atoms with Gasteiger partial charge in [-0.25, -0.2) is 0 Å². The summed E-state index contributed by atoms with van der Waals surface area (Å²) in [6.45, 7) is 7.74. The molecule has 0 aliphatic carbocycles. The second-order valence-corrected chi connectivity index (χ2v) is 6.07. The number of Topliss-reactive ketones (excluding diaryl/α,β-unsaturated/α-hetero) is 1. The van der Waals surface area contributed by atoms with Crippen LogP contribution in [0.1, 0.15) is 52.4 Å². The summed E-state index contributed by atoms with van der Waals surface area (Å²) in [5.41, 5.74) is 0. The lowest BCUT2D eigenvalue weighted by Crippen LogP contribution is -2.18. The van der Waals surface area contributed by atoms with Gasteiger partial charge in [0.25, 0.3) is 0 Å². The van der Waals surface area contributed by atoms with Crippen molar-refractivity contribution in [3.8, 4) is 0 Å². The van der Waals surface area contributed by atoms with Crippen molar-refractivity contribution in [3.63, 3.8) is 0 Å². The lowest BCUT2D eigenvalue weighted by Gasteiger charge is -2.11. The summed E-state index contributed by atoms with van der Waals surface area (Å²) in [5.74, 6) is 0.651. The number of alkyl halides is 1. The van der Waals surface area contributed by atoms with Gasteiger partial charge >= 0.3 is 0 Å². The first-order chi connectivity index (χ1) is 7.09. The summed E-state index contributed by atoms with van der Waals surface area (Å²) in [7, 11) is 0. The molecular weight excluding hydrogens is 299 g/mol. The van der Waals surface area contributed by atoms with Crippen LogP contribution in [-0.2, 0) is 4.79 Å². The van der Waals surface area contributed by atoms with Crippen molar-refractivity contribution in [1.82, 2.24) is 0 Å². The number of hydrogen-bond donors (Lipinski definition) is 0. The Labute approximate surface area is 108 Å². The molecule has 15 heavy (non-hydrogen) atoms. The maximum Gasteiger partial charge on any atom is 0.148 e.